The van der Waals surface area contributed by atoms with E-state index in [1.54, 1.807) is 36.4 Å². The normalized spacial score (nSPS) is 12.6. The smallest absolute Gasteiger partial charge is 0.317 e. The predicted molar refractivity (Wildman–Crippen MR) is 103 cm³/mol. The number of hydrogen-bond acceptors (Lipinski definition) is 3. The van der Waals surface area contributed by atoms with Gasteiger partial charge in [0.1, 0.15) is 5.25 Å². The molecule has 0 spiro atoms. The fraction of sp³-hybridized carbons (Fsp3) is 0.300. The van der Waals surface area contributed by atoms with Crippen molar-refractivity contribution in [2.24, 2.45) is 0 Å². The van der Waals surface area contributed by atoms with Crippen molar-refractivity contribution in [2.75, 3.05) is 0 Å². The Morgan fingerprint density at radius 2 is 1.60 bits per heavy atom. The minimum absolute atomic E-state index is 0.00954. The second-order valence-electron chi connectivity index (χ2n) is 6.85. The summed E-state index contributed by atoms with van der Waals surface area (Å²) in [5.74, 6) is -1.17. The van der Waals surface area contributed by atoms with Crippen LogP contribution in [0.2, 0.25) is 5.02 Å². The van der Waals surface area contributed by atoms with Gasteiger partial charge in [0.25, 0.3) is 0 Å². The summed E-state index contributed by atoms with van der Waals surface area (Å²) in [5.41, 5.74) is 1.68. The molecule has 0 radical (unpaired) electrons. The molecule has 0 aliphatic rings. The van der Waals surface area contributed by atoms with Crippen molar-refractivity contribution in [1.29, 1.82) is 0 Å². The maximum absolute atomic E-state index is 12.5. The minimum Gasteiger partial charge on any atom is -0.480 e. The molecule has 0 amide bonds. The first kappa shape index (κ1) is 19.5. The lowest BCUT2D eigenvalue weighted by Crippen LogP contribution is -2.20. The molecule has 0 aliphatic carbocycles. The number of thioether (sulfide) groups is 1. The van der Waals surface area contributed by atoms with Gasteiger partial charge in [0.05, 0.1) is 0 Å². The maximum atomic E-state index is 12.5. The van der Waals surface area contributed by atoms with Crippen molar-refractivity contribution in [3.8, 4) is 0 Å². The highest BCUT2D eigenvalue weighted by Crippen LogP contribution is 2.28. The average molecular weight is 377 g/mol. The van der Waals surface area contributed by atoms with Crippen LogP contribution in [0.25, 0.3) is 0 Å². The number of aliphatic carboxylic acids is 1. The number of hydrogen-bond donors (Lipinski definition) is 1. The van der Waals surface area contributed by atoms with Gasteiger partial charge < -0.3 is 5.11 Å². The van der Waals surface area contributed by atoms with Crippen LogP contribution in [0, 0.1) is 0 Å². The van der Waals surface area contributed by atoms with Crippen molar-refractivity contribution in [3.63, 3.8) is 0 Å². The summed E-state index contributed by atoms with van der Waals surface area (Å²) in [4.78, 5) is 24.8. The van der Waals surface area contributed by atoms with Crippen LogP contribution < -0.4 is 0 Å². The molecule has 0 aliphatic heterocycles. The lowest BCUT2D eigenvalue weighted by molar-refractivity contribution is -0.136. The topological polar surface area (TPSA) is 54.4 Å². The Balaban J connectivity index is 2.09. The highest BCUT2D eigenvalue weighted by atomic mass is 35.5. The zero-order valence-electron chi connectivity index (χ0n) is 14.5. The quantitative estimate of drug-likeness (QED) is 0.537. The number of carboxylic acids is 1. The Kier molecular flexibility index (Phi) is 6.31. The molecule has 3 nitrogen and oxygen atoms in total. The predicted octanol–water partition coefficient (Wildman–Crippen LogP) is 5.46. The summed E-state index contributed by atoms with van der Waals surface area (Å²) < 4.78 is 0. The van der Waals surface area contributed by atoms with Crippen molar-refractivity contribution in [3.05, 3.63) is 64.7 Å². The summed E-state index contributed by atoms with van der Waals surface area (Å²) in [6.45, 7) is 6.31. The number of rotatable bonds is 6. The first-order valence-corrected chi connectivity index (χ1v) is 9.21. The largest absolute Gasteiger partial charge is 0.480 e. The lowest BCUT2D eigenvalue weighted by atomic mass is 9.86. The molecule has 0 bridgehead atoms. The van der Waals surface area contributed by atoms with E-state index < -0.39 is 11.2 Å². The standard InChI is InChI=1S/C20H21ClO3S/c1-20(2,3)14-6-4-13(5-7-14)17(22)12-18(19(23)24)25-16-10-8-15(21)9-11-16/h4-11,18H,12H2,1-3H3,(H,23,24)/t18-/m0/s1. The first-order chi connectivity index (χ1) is 11.7. The van der Waals surface area contributed by atoms with E-state index in [2.05, 4.69) is 20.8 Å². The van der Waals surface area contributed by atoms with Gasteiger partial charge in [-0.25, -0.2) is 0 Å². The van der Waals surface area contributed by atoms with Crippen molar-refractivity contribution in [1.82, 2.24) is 0 Å². The van der Waals surface area contributed by atoms with E-state index in [9.17, 15) is 14.7 Å². The van der Waals surface area contributed by atoms with E-state index in [0.717, 1.165) is 22.2 Å². The van der Waals surface area contributed by atoms with Crippen LogP contribution in [0.5, 0.6) is 0 Å². The molecular weight excluding hydrogens is 356 g/mol. The first-order valence-electron chi connectivity index (χ1n) is 7.95. The number of carboxylic acid groups (broad SMARTS) is 1. The fourth-order valence-corrected chi connectivity index (χ4v) is 3.38. The highest BCUT2D eigenvalue weighted by molar-refractivity contribution is 8.00. The number of carbonyl (C=O) groups is 2. The molecule has 2 rings (SSSR count). The molecule has 0 saturated heterocycles. The zero-order chi connectivity index (χ0) is 18.6. The summed E-state index contributed by atoms with van der Waals surface area (Å²) in [5, 5.41) is 9.19. The molecule has 0 fully saturated rings. The van der Waals surface area contributed by atoms with Gasteiger partial charge in [-0.05, 0) is 35.2 Å². The Morgan fingerprint density at radius 3 is 2.08 bits per heavy atom. The van der Waals surface area contributed by atoms with E-state index in [0.29, 0.717) is 10.6 Å². The molecule has 0 aromatic heterocycles. The molecule has 2 aromatic carbocycles. The molecule has 0 saturated carbocycles. The number of Topliss-reactive ketones (excluding diaryl/α,β-unsaturated/α-hetero) is 1. The molecule has 1 atom stereocenters. The Morgan fingerprint density at radius 1 is 1.04 bits per heavy atom. The molecule has 0 unspecified atom stereocenters. The van der Waals surface area contributed by atoms with Gasteiger partial charge in [-0.15, -0.1) is 11.8 Å². The summed E-state index contributed by atoms with van der Waals surface area (Å²) in [6.07, 6.45) is -0.0580. The van der Waals surface area contributed by atoms with Crippen LogP contribution in [0.15, 0.2) is 53.4 Å². The van der Waals surface area contributed by atoms with Crippen molar-refractivity contribution < 1.29 is 14.7 Å². The number of halogens is 1. The summed E-state index contributed by atoms with van der Waals surface area (Å²) in [6, 6.07) is 14.3. The fourth-order valence-electron chi connectivity index (χ4n) is 2.30. The Labute approximate surface area is 157 Å². The van der Waals surface area contributed by atoms with Gasteiger partial charge in [0.2, 0.25) is 0 Å². The molecule has 2 aromatic rings. The number of carbonyl (C=O) groups excluding carboxylic acids is 1. The van der Waals surface area contributed by atoms with Crippen LogP contribution in [0.1, 0.15) is 43.1 Å². The molecule has 132 valence electrons. The lowest BCUT2D eigenvalue weighted by Gasteiger charge is -2.19. The third-order valence-corrected chi connectivity index (χ3v) is 5.26. The van der Waals surface area contributed by atoms with E-state index in [-0.39, 0.29) is 17.6 Å². The third-order valence-electron chi connectivity index (χ3n) is 3.81. The molecule has 25 heavy (non-hydrogen) atoms. The van der Waals surface area contributed by atoms with Gasteiger partial charge in [0.15, 0.2) is 5.78 Å². The van der Waals surface area contributed by atoms with E-state index in [4.69, 9.17) is 11.6 Å². The van der Waals surface area contributed by atoms with Gasteiger partial charge in [-0.2, -0.15) is 0 Å². The summed E-state index contributed by atoms with van der Waals surface area (Å²) in [7, 11) is 0. The van der Waals surface area contributed by atoms with Gasteiger partial charge >= 0.3 is 5.97 Å². The van der Waals surface area contributed by atoms with Gasteiger partial charge in [-0.1, -0.05) is 56.6 Å². The van der Waals surface area contributed by atoms with Gasteiger partial charge in [0, 0.05) is 21.9 Å². The SMILES string of the molecule is CC(C)(C)c1ccc(C(=O)C[C@H](Sc2ccc(Cl)cc2)C(=O)O)cc1. The second kappa shape index (κ2) is 8.07. The van der Waals surface area contributed by atoms with Gasteiger partial charge in [-0.3, -0.25) is 9.59 Å². The van der Waals surface area contributed by atoms with E-state index >= 15 is 0 Å². The Hall–Kier alpha value is -1.78. The van der Waals surface area contributed by atoms with Crippen LogP contribution in [-0.4, -0.2) is 22.1 Å². The minimum atomic E-state index is -1.00. The molecule has 5 heteroatoms. The summed E-state index contributed by atoms with van der Waals surface area (Å²) >= 11 is 7.00. The van der Waals surface area contributed by atoms with Crippen LogP contribution in [0.3, 0.4) is 0 Å². The zero-order valence-corrected chi connectivity index (χ0v) is 16.0. The van der Waals surface area contributed by atoms with Crippen LogP contribution in [0.4, 0.5) is 0 Å². The van der Waals surface area contributed by atoms with E-state index in [1.165, 1.54) is 0 Å². The van der Waals surface area contributed by atoms with Crippen molar-refractivity contribution >= 4 is 35.1 Å². The number of benzene rings is 2. The van der Waals surface area contributed by atoms with Crippen LogP contribution >= 0.6 is 23.4 Å². The molecule has 1 N–H and O–H groups in total. The molecule has 0 heterocycles. The van der Waals surface area contributed by atoms with E-state index in [1.807, 2.05) is 12.1 Å². The maximum Gasteiger partial charge on any atom is 0.317 e. The number of ketones is 1. The Bertz CT molecular complexity index is 746. The van der Waals surface area contributed by atoms with Crippen molar-refractivity contribution in [2.45, 2.75) is 42.8 Å². The highest BCUT2D eigenvalue weighted by Gasteiger charge is 2.23. The molecular formula is C20H21ClO3S. The van der Waals surface area contributed by atoms with Crippen LogP contribution in [-0.2, 0) is 10.2 Å². The average Bonchev–Trinajstić information content (AvgIpc) is 2.55. The monoisotopic (exact) mass is 376 g/mol. The third kappa shape index (κ3) is 5.62. The second-order valence-corrected chi connectivity index (χ2v) is 8.57.